The van der Waals surface area contributed by atoms with Gasteiger partial charge < -0.3 is 41.2 Å². The number of likely N-dealkylation sites (tertiary alicyclic amines) is 1. The number of amides is 3. The van der Waals surface area contributed by atoms with Crippen molar-refractivity contribution in [3.8, 4) is 5.75 Å². The van der Waals surface area contributed by atoms with E-state index in [-0.39, 0.29) is 36.1 Å². The third-order valence-electron chi connectivity index (χ3n) is 8.04. The number of ether oxygens (including phenoxy) is 2. The number of hydrogen-bond donors (Lipinski definition) is 5. The highest BCUT2D eigenvalue weighted by atomic mass is 16.5. The molecule has 1 aliphatic rings. The number of benzene rings is 1. The Morgan fingerprint density at radius 3 is 2.33 bits per heavy atom. The number of para-hydroxylation sites is 1. The van der Waals surface area contributed by atoms with Crippen LogP contribution in [0.5, 0.6) is 5.75 Å². The van der Waals surface area contributed by atoms with Gasteiger partial charge in [0.2, 0.25) is 11.8 Å². The van der Waals surface area contributed by atoms with Crippen LogP contribution in [-0.4, -0.2) is 99.0 Å². The fourth-order valence-electron chi connectivity index (χ4n) is 5.29. The Morgan fingerprint density at radius 1 is 1.00 bits per heavy atom. The second-order valence-electron chi connectivity index (χ2n) is 12.2. The second-order valence-corrected chi connectivity index (χ2v) is 12.2. The smallest absolute Gasteiger partial charge is 0.255 e. The summed E-state index contributed by atoms with van der Waals surface area (Å²) < 4.78 is 10.9. The first-order chi connectivity index (χ1) is 20.6. The number of nitrogens with one attached hydrogen (secondary N) is 3. The average molecular weight is 606 g/mol. The van der Waals surface area contributed by atoms with Crippen molar-refractivity contribution in [2.45, 2.75) is 78.0 Å². The zero-order valence-electron chi connectivity index (χ0n) is 26.8. The predicted molar refractivity (Wildman–Crippen MR) is 168 cm³/mol. The molecule has 0 radical (unpaired) electrons. The molecule has 1 aliphatic heterocycles. The Balaban J connectivity index is 2.16. The van der Waals surface area contributed by atoms with Gasteiger partial charge >= 0.3 is 0 Å². The number of nitrogens with two attached hydrogens (primary N) is 1. The first kappa shape index (κ1) is 36.5. The van der Waals surface area contributed by atoms with Crippen LogP contribution in [0.2, 0.25) is 0 Å². The van der Waals surface area contributed by atoms with E-state index in [1.165, 1.54) is 6.42 Å². The van der Waals surface area contributed by atoms with Crippen LogP contribution in [0.15, 0.2) is 24.3 Å². The second kappa shape index (κ2) is 19.5. The van der Waals surface area contributed by atoms with E-state index in [0.717, 1.165) is 25.9 Å². The number of methoxy groups -OCH3 is 1. The van der Waals surface area contributed by atoms with E-state index >= 15 is 0 Å². The molecular formula is C32H55N5O6. The molecule has 1 unspecified atom stereocenters. The Hall–Kier alpha value is -2.73. The molecule has 6 N–H and O–H groups in total. The summed E-state index contributed by atoms with van der Waals surface area (Å²) in [6, 6.07) is 5.78. The van der Waals surface area contributed by atoms with Gasteiger partial charge in [0, 0.05) is 33.2 Å². The van der Waals surface area contributed by atoms with E-state index in [0.29, 0.717) is 50.5 Å². The number of rotatable bonds is 19. The molecule has 0 saturated carbocycles. The highest BCUT2D eigenvalue weighted by Gasteiger charge is 2.32. The maximum absolute atomic E-state index is 13.4. The third kappa shape index (κ3) is 12.8. The third-order valence-corrected chi connectivity index (χ3v) is 8.04. The van der Waals surface area contributed by atoms with Crippen molar-refractivity contribution in [2.75, 3.05) is 53.0 Å². The molecule has 2 rings (SSSR count). The molecule has 0 aliphatic carbocycles. The van der Waals surface area contributed by atoms with Gasteiger partial charge in [0.25, 0.3) is 5.91 Å². The maximum Gasteiger partial charge on any atom is 0.255 e. The molecule has 3 amide bonds. The molecule has 43 heavy (non-hydrogen) atoms. The minimum atomic E-state index is -0.821. The Morgan fingerprint density at radius 2 is 1.70 bits per heavy atom. The molecule has 11 heteroatoms. The number of aliphatic hydroxyl groups excluding tert-OH is 1. The van der Waals surface area contributed by atoms with E-state index in [1.807, 2.05) is 19.9 Å². The lowest BCUT2D eigenvalue weighted by atomic mass is 9.86. The first-order valence-corrected chi connectivity index (χ1v) is 15.8. The summed E-state index contributed by atoms with van der Waals surface area (Å²) in [6.45, 7) is 11.3. The van der Waals surface area contributed by atoms with Gasteiger partial charge in [-0.1, -0.05) is 46.2 Å². The minimum absolute atomic E-state index is 0.0452. The standard InChI is InChI=1S/C32H55N5O6/c1-22(2)24(20-34-31(40)25-12-7-8-13-28(25)43-17-11-16-42-5)18-26(27(38)21-37-14-9-6-10-15-37)35-32(41)30(23(3)4)36-29(39)19-33/h7-8,12-13,22-24,26-27,30,38H,6,9-11,14-21,33H2,1-5H3,(H,34,40)(H,35,41)(H,36,39)/t24-,26+,27?,30+/m1/s1. The van der Waals surface area contributed by atoms with Crippen molar-refractivity contribution in [1.82, 2.24) is 20.9 Å². The van der Waals surface area contributed by atoms with Gasteiger partial charge in [-0.2, -0.15) is 0 Å². The molecule has 11 nitrogen and oxygen atoms in total. The summed E-state index contributed by atoms with van der Waals surface area (Å²) in [6.07, 6.45) is 3.69. The van der Waals surface area contributed by atoms with Crippen LogP contribution in [0.25, 0.3) is 0 Å². The molecule has 1 fully saturated rings. The van der Waals surface area contributed by atoms with Crippen molar-refractivity contribution < 1.29 is 29.0 Å². The molecule has 0 aromatic heterocycles. The lowest BCUT2D eigenvalue weighted by Gasteiger charge is -2.35. The van der Waals surface area contributed by atoms with Crippen LogP contribution in [0.3, 0.4) is 0 Å². The summed E-state index contributed by atoms with van der Waals surface area (Å²) in [5.74, 6) is -0.565. The Bertz CT molecular complexity index is 985. The zero-order chi connectivity index (χ0) is 31.8. The quantitative estimate of drug-likeness (QED) is 0.150. The molecule has 4 atom stereocenters. The molecule has 1 heterocycles. The molecule has 1 aromatic carbocycles. The van der Waals surface area contributed by atoms with Crippen LogP contribution in [0.4, 0.5) is 0 Å². The number of carbonyl (C=O) groups excluding carboxylic acids is 3. The highest BCUT2D eigenvalue weighted by molar-refractivity contribution is 5.96. The van der Waals surface area contributed by atoms with Gasteiger partial charge in [-0.25, -0.2) is 0 Å². The summed E-state index contributed by atoms with van der Waals surface area (Å²) in [5.41, 5.74) is 5.93. The normalized spacial score (nSPS) is 16.8. The number of aliphatic hydroxyl groups is 1. The maximum atomic E-state index is 13.4. The van der Waals surface area contributed by atoms with Crippen LogP contribution in [0.1, 0.15) is 70.2 Å². The number of β-amino-alcohol motifs (C(OH)–C–C–N with tert-alkyl or cyclic N) is 1. The van der Waals surface area contributed by atoms with Gasteiger partial charge in [-0.3, -0.25) is 14.4 Å². The summed E-state index contributed by atoms with van der Waals surface area (Å²) in [4.78, 5) is 40.9. The molecule has 1 aromatic rings. The van der Waals surface area contributed by atoms with Crippen molar-refractivity contribution in [3.63, 3.8) is 0 Å². The van der Waals surface area contributed by atoms with E-state index in [9.17, 15) is 19.5 Å². The number of nitrogens with zero attached hydrogens (tertiary/aromatic N) is 1. The fraction of sp³-hybridized carbons (Fsp3) is 0.719. The lowest BCUT2D eigenvalue weighted by molar-refractivity contribution is -0.130. The molecule has 244 valence electrons. The predicted octanol–water partition coefficient (Wildman–Crippen LogP) is 1.93. The van der Waals surface area contributed by atoms with Gasteiger partial charge in [-0.05, 0) is 62.2 Å². The van der Waals surface area contributed by atoms with E-state index in [2.05, 4.69) is 34.7 Å². The van der Waals surface area contributed by atoms with Gasteiger partial charge in [0.1, 0.15) is 11.8 Å². The highest BCUT2D eigenvalue weighted by Crippen LogP contribution is 2.22. The van der Waals surface area contributed by atoms with Crippen LogP contribution < -0.4 is 26.4 Å². The molecule has 0 bridgehead atoms. The zero-order valence-corrected chi connectivity index (χ0v) is 26.8. The number of hydrogen-bond acceptors (Lipinski definition) is 8. The van der Waals surface area contributed by atoms with Gasteiger partial charge in [0.05, 0.1) is 30.9 Å². The van der Waals surface area contributed by atoms with Crippen LogP contribution >= 0.6 is 0 Å². The van der Waals surface area contributed by atoms with Crippen molar-refractivity contribution in [2.24, 2.45) is 23.5 Å². The van der Waals surface area contributed by atoms with Crippen molar-refractivity contribution >= 4 is 17.7 Å². The molecule has 0 spiro atoms. The van der Waals surface area contributed by atoms with Crippen molar-refractivity contribution in [3.05, 3.63) is 29.8 Å². The number of carbonyl (C=O) groups is 3. The largest absolute Gasteiger partial charge is 0.493 e. The summed E-state index contributed by atoms with van der Waals surface area (Å²) >= 11 is 0. The monoisotopic (exact) mass is 605 g/mol. The Kier molecular flexibility index (Phi) is 16.6. The van der Waals surface area contributed by atoms with Gasteiger partial charge in [-0.15, -0.1) is 0 Å². The molecule has 1 saturated heterocycles. The van der Waals surface area contributed by atoms with Crippen LogP contribution in [-0.2, 0) is 14.3 Å². The van der Waals surface area contributed by atoms with Crippen LogP contribution in [0, 0.1) is 17.8 Å². The topological polar surface area (TPSA) is 155 Å². The first-order valence-electron chi connectivity index (χ1n) is 15.8. The Labute approximate surface area is 257 Å². The average Bonchev–Trinajstić information content (AvgIpc) is 2.99. The summed E-state index contributed by atoms with van der Waals surface area (Å²) in [5, 5.41) is 20.2. The summed E-state index contributed by atoms with van der Waals surface area (Å²) in [7, 11) is 1.64. The van der Waals surface area contributed by atoms with E-state index in [4.69, 9.17) is 15.2 Å². The lowest BCUT2D eigenvalue weighted by Crippen LogP contribution is -2.57. The van der Waals surface area contributed by atoms with E-state index < -0.39 is 24.1 Å². The minimum Gasteiger partial charge on any atom is -0.493 e. The van der Waals surface area contributed by atoms with Gasteiger partial charge in [0.15, 0.2) is 0 Å². The SMILES string of the molecule is COCCCOc1ccccc1C(=O)NC[C@@H](C[C@H](NC(=O)[C@@H](NC(=O)CN)C(C)C)C(O)CN1CCCCC1)C(C)C. The van der Waals surface area contributed by atoms with E-state index in [1.54, 1.807) is 25.3 Å². The van der Waals surface area contributed by atoms with Crippen molar-refractivity contribution in [1.29, 1.82) is 0 Å². The number of piperidine rings is 1. The molecular weight excluding hydrogens is 550 g/mol. The fourth-order valence-corrected chi connectivity index (χ4v) is 5.29.